The number of rotatable bonds is 6. The Hall–Kier alpha value is -0.280. The largest absolute Gasteiger partial charge is 0.299 e. The fourth-order valence-electron chi connectivity index (χ4n) is 1.31. The molecular formula is C13H17BrOS. The first-order valence-corrected chi connectivity index (χ1v) is 7.29. The van der Waals surface area contributed by atoms with Gasteiger partial charge in [0.05, 0.1) is 5.75 Å². The van der Waals surface area contributed by atoms with Gasteiger partial charge >= 0.3 is 0 Å². The van der Waals surface area contributed by atoms with Crippen LogP contribution in [0.4, 0.5) is 0 Å². The van der Waals surface area contributed by atoms with Gasteiger partial charge in [-0.15, -0.1) is 11.8 Å². The molecule has 1 unspecified atom stereocenters. The van der Waals surface area contributed by atoms with Crippen molar-refractivity contribution < 1.29 is 4.79 Å². The minimum Gasteiger partial charge on any atom is -0.299 e. The van der Waals surface area contributed by atoms with Gasteiger partial charge in [0, 0.05) is 15.8 Å². The number of carbonyl (C=O) groups excluding carboxylic acids is 1. The number of hydrogen-bond donors (Lipinski definition) is 0. The van der Waals surface area contributed by atoms with E-state index in [0.29, 0.717) is 23.9 Å². The first kappa shape index (κ1) is 13.8. The van der Waals surface area contributed by atoms with E-state index in [1.165, 1.54) is 0 Å². The van der Waals surface area contributed by atoms with Crippen molar-refractivity contribution in [2.75, 3.05) is 5.75 Å². The number of carbonyl (C=O) groups is 1. The molecule has 0 bridgehead atoms. The summed E-state index contributed by atoms with van der Waals surface area (Å²) in [7, 11) is 0. The highest BCUT2D eigenvalue weighted by Gasteiger charge is 2.07. The maximum absolute atomic E-state index is 11.6. The second-order valence-electron chi connectivity index (χ2n) is 4.00. The van der Waals surface area contributed by atoms with Gasteiger partial charge in [0.15, 0.2) is 0 Å². The van der Waals surface area contributed by atoms with Gasteiger partial charge in [-0.1, -0.05) is 42.3 Å². The van der Waals surface area contributed by atoms with Crippen molar-refractivity contribution in [3.8, 4) is 0 Å². The number of thioether (sulfide) groups is 1. The molecule has 0 amide bonds. The molecule has 0 saturated carbocycles. The monoisotopic (exact) mass is 300 g/mol. The third-order valence-electron chi connectivity index (χ3n) is 2.47. The second-order valence-corrected chi connectivity index (χ2v) is 5.97. The third kappa shape index (κ3) is 5.17. The lowest BCUT2D eigenvalue weighted by Gasteiger charge is -2.06. The molecule has 0 N–H and O–H groups in total. The van der Waals surface area contributed by atoms with E-state index in [9.17, 15) is 4.79 Å². The Bertz CT molecular complexity index is 352. The topological polar surface area (TPSA) is 17.1 Å². The normalized spacial score (nSPS) is 12.4. The van der Waals surface area contributed by atoms with Crippen LogP contribution in [-0.4, -0.2) is 11.5 Å². The summed E-state index contributed by atoms with van der Waals surface area (Å²) in [6.45, 7) is 4.25. The summed E-state index contributed by atoms with van der Waals surface area (Å²) in [4.78, 5) is 12.8. The lowest BCUT2D eigenvalue weighted by atomic mass is 10.0. The second kappa shape index (κ2) is 7.13. The maximum atomic E-state index is 11.6. The van der Waals surface area contributed by atoms with Gasteiger partial charge < -0.3 is 0 Å². The molecule has 0 aliphatic rings. The highest BCUT2D eigenvalue weighted by atomic mass is 79.9. The van der Waals surface area contributed by atoms with Crippen molar-refractivity contribution in [3.63, 3.8) is 0 Å². The van der Waals surface area contributed by atoms with Crippen LogP contribution in [-0.2, 0) is 4.79 Å². The Kier molecular flexibility index (Phi) is 6.14. The molecular weight excluding hydrogens is 284 g/mol. The first-order valence-electron chi connectivity index (χ1n) is 5.52. The molecule has 0 saturated heterocycles. The van der Waals surface area contributed by atoms with E-state index in [-0.39, 0.29) is 0 Å². The van der Waals surface area contributed by atoms with Crippen molar-refractivity contribution >= 4 is 33.5 Å². The molecule has 1 aromatic carbocycles. The van der Waals surface area contributed by atoms with Crippen molar-refractivity contribution in [2.24, 2.45) is 5.92 Å². The van der Waals surface area contributed by atoms with Crippen LogP contribution in [0, 0.1) is 5.92 Å². The van der Waals surface area contributed by atoms with Gasteiger partial charge in [-0.2, -0.15) is 0 Å². The summed E-state index contributed by atoms with van der Waals surface area (Å²) in [5, 5.41) is 0. The van der Waals surface area contributed by atoms with Crippen LogP contribution in [0.25, 0.3) is 0 Å². The van der Waals surface area contributed by atoms with E-state index in [4.69, 9.17) is 0 Å². The molecule has 0 heterocycles. The smallest absolute Gasteiger partial charge is 0.143 e. The van der Waals surface area contributed by atoms with Crippen molar-refractivity contribution in [2.45, 2.75) is 31.6 Å². The predicted molar refractivity (Wildman–Crippen MR) is 73.9 cm³/mol. The summed E-state index contributed by atoms with van der Waals surface area (Å²) >= 11 is 5.04. The Morgan fingerprint density at radius 3 is 2.88 bits per heavy atom. The van der Waals surface area contributed by atoms with E-state index < -0.39 is 0 Å². The molecule has 88 valence electrons. The Balaban J connectivity index is 2.37. The summed E-state index contributed by atoms with van der Waals surface area (Å²) in [6.07, 6.45) is 1.78. The lowest BCUT2D eigenvalue weighted by Crippen LogP contribution is -2.06. The molecule has 1 atom stereocenters. The van der Waals surface area contributed by atoms with Gasteiger partial charge in [-0.25, -0.2) is 0 Å². The number of ketones is 1. The molecule has 0 aliphatic heterocycles. The molecule has 1 aromatic rings. The van der Waals surface area contributed by atoms with Crippen LogP contribution in [0.3, 0.4) is 0 Å². The Labute approximate surface area is 110 Å². The van der Waals surface area contributed by atoms with Crippen LogP contribution >= 0.6 is 27.7 Å². The zero-order chi connectivity index (χ0) is 12.0. The van der Waals surface area contributed by atoms with E-state index >= 15 is 0 Å². The molecule has 0 spiro atoms. The number of halogens is 1. The Morgan fingerprint density at radius 1 is 1.50 bits per heavy atom. The standard InChI is InChI=1S/C13H17BrOS/c1-3-10(2)7-12(15)9-16-13-6-4-5-11(14)8-13/h4-6,8,10H,3,7,9H2,1-2H3. The summed E-state index contributed by atoms with van der Waals surface area (Å²) in [6, 6.07) is 8.06. The van der Waals surface area contributed by atoms with Crippen LogP contribution < -0.4 is 0 Å². The van der Waals surface area contributed by atoms with E-state index in [1.54, 1.807) is 11.8 Å². The molecule has 1 nitrogen and oxygen atoms in total. The predicted octanol–water partition coefficient (Wildman–Crippen LogP) is 4.55. The first-order chi connectivity index (χ1) is 7.61. The van der Waals surface area contributed by atoms with Crippen LogP contribution in [0.15, 0.2) is 33.6 Å². The van der Waals surface area contributed by atoms with Gasteiger partial charge in [0.1, 0.15) is 5.78 Å². The average molecular weight is 301 g/mol. The lowest BCUT2D eigenvalue weighted by molar-refractivity contribution is -0.117. The van der Waals surface area contributed by atoms with E-state index in [2.05, 4.69) is 29.8 Å². The molecule has 0 aromatic heterocycles. The number of benzene rings is 1. The minimum absolute atomic E-state index is 0.347. The highest BCUT2D eigenvalue weighted by molar-refractivity contribution is 9.10. The fourth-order valence-corrected chi connectivity index (χ4v) is 2.69. The molecule has 16 heavy (non-hydrogen) atoms. The molecule has 0 radical (unpaired) electrons. The van der Waals surface area contributed by atoms with Crippen LogP contribution in [0.5, 0.6) is 0 Å². The van der Waals surface area contributed by atoms with Crippen LogP contribution in [0.1, 0.15) is 26.7 Å². The van der Waals surface area contributed by atoms with Crippen molar-refractivity contribution in [3.05, 3.63) is 28.7 Å². The number of hydrogen-bond acceptors (Lipinski definition) is 2. The molecule has 1 rings (SSSR count). The number of Topliss-reactive ketones (excluding diaryl/α,β-unsaturated/α-hetero) is 1. The molecule has 0 fully saturated rings. The Morgan fingerprint density at radius 2 is 2.25 bits per heavy atom. The summed E-state index contributed by atoms with van der Waals surface area (Å²) < 4.78 is 1.06. The van der Waals surface area contributed by atoms with Crippen LogP contribution in [0.2, 0.25) is 0 Å². The average Bonchev–Trinajstić information content (AvgIpc) is 2.26. The van der Waals surface area contributed by atoms with Gasteiger partial charge in [0.2, 0.25) is 0 Å². The van der Waals surface area contributed by atoms with Crippen molar-refractivity contribution in [1.82, 2.24) is 0 Å². The van der Waals surface area contributed by atoms with Gasteiger partial charge in [-0.3, -0.25) is 4.79 Å². The van der Waals surface area contributed by atoms with E-state index in [1.807, 2.05) is 24.3 Å². The van der Waals surface area contributed by atoms with Crippen molar-refractivity contribution in [1.29, 1.82) is 0 Å². The zero-order valence-corrected chi connectivity index (χ0v) is 12.1. The quantitative estimate of drug-likeness (QED) is 0.717. The fraction of sp³-hybridized carbons (Fsp3) is 0.462. The minimum atomic E-state index is 0.347. The van der Waals surface area contributed by atoms with E-state index in [0.717, 1.165) is 15.8 Å². The highest BCUT2D eigenvalue weighted by Crippen LogP contribution is 2.22. The zero-order valence-electron chi connectivity index (χ0n) is 9.70. The third-order valence-corrected chi connectivity index (χ3v) is 4.02. The maximum Gasteiger partial charge on any atom is 0.143 e. The van der Waals surface area contributed by atoms with Gasteiger partial charge in [0.25, 0.3) is 0 Å². The van der Waals surface area contributed by atoms with Gasteiger partial charge in [-0.05, 0) is 24.1 Å². The molecule has 0 aliphatic carbocycles. The molecule has 3 heteroatoms. The summed E-state index contributed by atoms with van der Waals surface area (Å²) in [5.41, 5.74) is 0. The SMILES string of the molecule is CCC(C)CC(=O)CSc1cccc(Br)c1. The summed E-state index contributed by atoms with van der Waals surface area (Å²) in [5.74, 6) is 1.44.